The zero-order chi connectivity index (χ0) is 11.4. The van der Waals surface area contributed by atoms with Crippen LogP contribution in [0.3, 0.4) is 0 Å². The maximum atomic E-state index is 11.6. The van der Waals surface area contributed by atoms with Gasteiger partial charge in [-0.2, -0.15) is 4.89 Å². The molecule has 0 unspecified atom stereocenters. The molecule has 0 atom stereocenters. The Morgan fingerprint density at radius 1 is 1.07 bits per heavy atom. The van der Waals surface area contributed by atoms with Crippen molar-refractivity contribution in [2.75, 3.05) is 0 Å². The first-order valence-electron chi connectivity index (χ1n) is 4.77. The lowest BCUT2D eigenvalue weighted by atomic mass is 10.0. The number of rotatable bonds is 3. The molecular weight excluding hydrogens is 192 g/mol. The molecule has 1 aromatic carbocycles. The van der Waals surface area contributed by atoms with Crippen LogP contribution >= 0.6 is 0 Å². The molecular formula is C12H15O3. The molecule has 0 fully saturated rings. The predicted molar refractivity (Wildman–Crippen MR) is 57.0 cm³/mol. The van der Waals surface area contributed by atoms with Crippen molar-refractivity contribution in [2.45, 2.75) is 27.7 Å². The molecule has 1 rings (SSSR count). The Morgan fingerprint density at radius 2 is 1.60 bits per heavy atom. The van der Waals surface area contributed by atoms with E-state index >= 15 is 0 Å². The van der Waals surface area contributed by atoms with Crippen LogP contribution in [0.5, 0.6) is 0 Å². The number of carbonyl (C=O) groups is 1. The minimum atomic E-state index is -0.452. The highest BCUT2D eigenvalue weighted by Crippen LogP contribution is 2.15. The minimum absolute atomic E-state index is 0.452. The van der Waals surface area contributed by atoms with E-state index in [-0.39, 0.29) is 0 Å². The number of benzene rings is 1. The second-order valence-corrected chi connectivity index (χ2v) is 3.63. The SMILES string of the molecule is C[C](C)OOC(=O)c1c(C)cccc1C. The summed E-state index contributed by atoms with van der Waals surface area (Å²) in [4.78, 5) is 21.0. The van der Waals surface area contributed by atoms with E-state index in [1.54, 1.807) is 13.8 Å². The van der Waals surface area contributed by atoms with Gasteiger partial charge in [0.1, 0.15) is 6.10 Å². The lowest BCUT2D eigenvalue weighted by Gasteiger charge is -2.09. The fourth-order valence-electron chi connectivity index (χ4n) is 1.30. The van der Waals surface area contributed by atoms with Crippen LogP contribution in [-0.2, 0) is 9.78 Å². The monoisotopic (exact) mass is 207 g/mol. The Morgan fingerprint density at radius 3 is 2.07 bits per heavy atom. The van der Waals surface area contributed by atoms with Gasteiger partial charge in [-0.3, -0.25) is 4.89 Å². The van der Waals surface area contributed by atoms with Crippen molar-refractivity contribution in [3.05, 3.63) is 41.0 Å². The van der Waals surface area contributed by atoms with E-state index in [0.29, 0.717) is 11.7 Å². The van der Waals surface area contributed by atoms with E-state index in [1.165, 1.54) is 0 Å². The molecule has 0 saturated carbocycles. The summed E-state index contributed by atoms with van der Waals surface area (Å²) >= 11 is 0. The summed E-state index contributed by atoms with van der Waals surface area (Å²) in [6.45, 7) is 7.17. The van der Waals surface area contributed by atoms with Crippen LogP contribution in [0, 0.1) is 20.0 Å². The average molecular weight is 207 g/mol. The molecule has 1 aromatic rings. The molecule has 3 heteroatoms. The Balaban J connectivity index is 2.82. The molecule has 0 N–H and O–H groups in total. The van der Waals surface area contributed by atoms with E-state index in [9.17, 15) is 4.79 Å². The maximum Gasteiger partial charge on any atom is 0.373 e. The fraction of sp³-hybridized carbons (Fsp3) is 0.333. The third kappa shape index (κ3) is 3.06. The lowest BCUT2D eigenvalue weighted by Crippen LogP contribution is -2.10. The third-order valence-electron chi connectivity index (χ3n) is 1.97. The second-order valence-electron chi connectivity index (χ2n) is 3.63. The van der Waals surface area contributed by atoms with Crippen molar-refractivity contribution in [1.82, 2.24) is 0 Å². The van der Waals surface area contributed by atoms with E-state index in [1.807, 2.05) is 32.0 Å². The number of aryl methyl sites for hydroxylation is 2. The molecule has 0 spiro atoms. The van der Waals surface area contributed by atoms with Crippen LogP contribution in [-0.4, -0.2) is 5.97 Å². The maximum absolute atomic E-state index is 11.6. The molecule has 0 amide bonds. The Hall–Kier alpha value is -1.35. The van der Waals surface area contributed by atoms with Crippen molar-refractivity contribution < 1.29 is 14.6 Å². The van der Waals surface area contributed by atoms with Crippen molar-refractivity contribution in [1.29, 1.82) is 0 Å². The zero-order valence-corrected chi connectivity index (χ0v) is 9.46. The molecule has 0 aliphatic heterocycles. The summed E-state index contributed by atoms with van der Waals surface area (Å²) in [5, 5.41) is 0. The molecule has 0 saturated heterocycles. The molecule has 81 valence electrons. The van der Waals surface area contributed by atoms with Gasteiger partial charge in [-0.25, -0.2) is 4.79 Å². The average Bonchev–Trinajstić information content (AvgIpc) is 2.14. The molecule has 1 radical (unpaired) electrons. The van der Waals surface area contributed by atoms with Crippen LogP contribution in [0.1, 0.15) is 35.3 Å². The summed E-state index contributed by atoms with van der Waals surface area (Å²) in [7, 11) is 0. The topological polar surface area (TPSA) is 35.5 Å². The van der Waals surface area contributed by atoms with Gasteiger partial charge >= 0.3 is 5.97 Å². The van der Waals surface area contributed by atoms with Gasteiger partial charge in [-0.1, -0.05) is 18.2 Å². The van der Waals surface area contributed by atoms with Gasteiger partial charge in [0, 0.05) is 0 Å². The summed E-state index contributed by atoms with van der Waals surface area (Å²) < 4.78 is 0. The summed E-state index contributed by atoms with van der Waals surface area (Å²) in [6, 6.07) is 5.64. The molecule has 3 nitrogen and oxygen atoms in total. The Kier molecular flexibility index (Phi) is 3.86. The van der Waals surface area contributed by atoms with Gasteiger partial charge in [0.25, 0.3) is 0 Å². The van der Waals surface area contributed by atoms with Gasteiger partial charge in [0.2, 0.25) is 0 Å². The molecule has 0 aliphatic carbocycles. The van der Waals surface area contributed by atoms with E-state index in [0.717, 1.165) is 11.1 Å². The number of carbonyl (C=O) groups excluding carboxylic acids is 1. The van der Waals surface area contributed by atoms with Crippen molar-refractivity contribution in [3.8, 4) is 0 Å². The molecule has 0 bridgehead atoms. The zero-order valence-electron chi connectivity index (χ0n) is 9.46. The van der Waals surface area contributed by atoms with Gasteiger partial charge in [-0.05, 0) is 38.8 Å². The van der Waals surface area contributed by atoms with E-state index < -0.39 is 5.97 Å². The predicted octanol–water partition coefficient (Wildman–Crippen LogP) is 2.96. The molecule has 0 aliphatic rings. The van der Waals surface area contributed by atoms with Gasteiger partial charge in [0.05, 0.1) is 5.56 Å². The summed E-state index contributed by atoms with van der Waals surface area (Å²) in [5.74, 6) is -0.452. The molecule has 15 heavy (non-hydrogen) atoms. The van der Waals surface area contributed by atoms with Crippen molar-refractivity contribution in [2.24, 2.45) is 0 Å². The Labute approximate surface area is 89.9 Å². The first-order valence-corrected chi connectivity index (χ1v) is 4.77. The second kappa shape index (κ2) is 4.94. The molecule has 0 aromatic heterocycles. The standard InChI is InChI=1S/C12H15O3/c1-8(2)14-15-12(13)11-9(3)6-5-7-10(11)4/h5-7H,1-4H3. The van der Waals surface area contributed by atoms with E-state index in [4.69, 9.17) is 4.89 Å². The highest BCUT2D eigenvalue weighted by molar-refractivity contribution is 5.92. The first kappa shape index (κ1) is 11.7. The summed E-state index contributed by atoms with van der Waals surface area (Å²) in [5.41, 5.74) is 2.34. The smallest absolute Gasteiger partial charge is 0.292 e. The quantitative estimate of drug-likeness (QED) is 0.564. The van der Waals surface area contributed by atoms with Crippen LogP contribution in [0.15, 0.2) is 18.2 Å². The van der Waals surface area contributed by atoms with Crippen LogP contribution in [0.25, 0.3) is 0 Å². The normalized spacial score (nSPS) is 10.5. The lowest BCUT2D eigenvalue weighted by molar-refractivity contribution is -0.229. The first-order chi connectivity index (χ1) is 7.02. The van der Waals surface area contributed by atoms with Crippen molar-refractivity contribution >= 4 is 5.97 Å². The highest BCUT2D eigenvalue weighted by Gasteiger charge is 2.14. The van der Waals surface area contributed by atoms with Crippen LogP contribution < -0.4 is 0 Å². The largest absolute Gasteiger partial charge is 0.373 e. The van der Waals surface area contributed by atoms with Crippen LogP contribution in [0.4, 0.5) is 0 Å². The van der Waals surface area contributed by atoms with Gasteiger partial charge in [0.15, 0.2) is 0 Å². The van der Waals surface area contributed by atoms with Crippen molar-refractivity contribution in [3.63, 3.8) is 0 Å². The fourth-order valence-corrected chi connectivity index (χ4v) is 1.30. The van der Waals surface area contributed by atoms with Gasteiger partial charge < -0.3 is 0 Å². The van der Waals surface area contributed by atoms with Gasteiger partial charge in [-0.15, -0.1) is 0 Å². The number of hydrogen-bond acceptors (Lipinski definition) is 3. The highest BCUT2D eigenvalue weighted by atomic mass is 17.2. The molecule has 0 heterocycles. The summed E-state index contributed by atoms with van der Waals surface area (Å²) in [6.07, 6.45) is 0.592. The minimum Gasteiger partial charge on any atom is -0.292 e. The number of hydrogen-bond donors (Lipinski definition) is 0. The van der Waals surface area contributed by atoms with E-state index in [2.05, 4.69) is 4.89 Å². The third-order valence-corrected chi connectivity index (χ3v) is 1.97. The van der Waals surface area contributed by atoms with Crippen LogP contribution in [0.2, 0.25) is 0 Å². The Bertz CT molecular complexity index is 336.